The molecule has 0 aliphatic rings. The highest BCUT2D eigenvalue weighted by atomic mass is 32.1. The number of amidine groups is 1. The van der Waals surface area contributed by atoms with Gasteiger partial charge in [0.2, 0.25) is 5.41 Å². The van der Waals surface area contributed by atoms with Crippen LogP contribution in [0.5, 0.6) is 5.75 Å². The van der Waals surface area contributed by atoms with Crippen molar-refractivity contribution in [3.8, 4) is 5.75 Å². The summed E-state index contributed by atoms with van der Waals surface area (Å²) in [5, 5.41) is 21.7. The van der Waals surface area contributed by atoms with Gasteiger partial charge in [-0.15, -0.1) is 11.3 Å². The van der Waals surface area contributed by atoms with E-state index in [0.717, 1.165) is 18.2 Å². The number of thiophene rings is 1. The minimum atomic E-state index is -2.17. The van der Waals surface area contributed by atoms with Crippen LogP contribution in [0.1, 0.15) is 46.8 Å². The molecule has 2 aromatic rings. The molecule has 8 nitrogen and oxygen atoms in total. The Bertz CT molecular complexity index is 956. The van der Waals surface area contributed by atoms with Gasteiger partial charge < -0.3 is 20.7 Å². The molecule has 0 amide bonds. The lowest BCUT2D eigenvalue weighted by Crippen LogP contribution is -2.20. The van der Waals surface area contributed by atoms with E-state index in [-0.39, 0.29) is 18.2 Å². The molecule has 0 aliphatic carbocycles. The molecular weight excluding hydrogens is 458 g/mol. The normalized spacial score (nSPS) is 13.1. The molecule has 0 saturated heterocycles. The first-order valence-corrected chi connectivity index (χ1v) is 10.9. The first kappa shape index (κ1) is 27.2. The van der Waals surface area contributed by atoms with E-state index >= 15 is 0 Å². The lowest BCUT2D eigenvalue weighted by Gasteiger charge is -2.07. The molecule has 0 fully saturated rings. The zero-order valence-corrected chi connectivity index (χ0v) is 19.6. The smallest absolute Gasteiger partial charge is 0.353 e. The van der Waals surface area contributed by atoms with Gasteiger partial charge in [0.25, 0.3) is 0 Å². The van der Waals surface area contributed by atoms with Gasteiger partial charge in [0, 0.05) is 16.9 Å². The van der Waals surface area contributed by atoms with Gasteiger partial charge in [-0.05, 0) is 62.1 Å². The maximum absolute atomic E-state index is 12.2. The Morgan fingerprint density at radius 2 is 1.78 bits per heavy atom. The number of ether oxygens (including phenoxy) is 1. The van der Waals surface area contributed by atoms with Gasteiger partial charge in [-0.3, -0.25) is 10.2 Å². The number of nitrogens with two attached hydrogens (primary N) is 1. The largest absolute Gasteiger partial charge is 0.481 e. The van der Waals surface area contributed by atoms with Crippen LogP contribution in [-0.2, 0) is 16.0 Å². The highest BCUT2D eigenvalue weighted by Crippen LogP contribution is 2.23. The number of benzene rings is 1. The van der Waals surface area contributed by atoms with E-state index in [2.05, 4.69) is 0 Å². The molecule has 1 aromatic carbocycles. The molecule has 3 atom stereocenters. The van der Waals surface area contributed by atoms with E-state index in [1.165, 1.54) is 11.3 Å². The second-order valence-electron chi connectivity index (χ2n) is 7.22. The van der Waals surface area contributed by atoms with Gasteiger partial charge in [-0.1, -0.05) is 16.2 Å². The third-order valence-corrected chi connectivity index (χ3v) is 5.39. The van der Waals surface area contributed by atoms with Crippen molar-refractivity contribution < 1.29 is 33.7 Å². The summed E-state index contributed by atoms with van der Waals surface area (Å²) >= 11 is 1.35. The summed E-state index contributed by atoms with van der Waals surface area (Å²) in [5.74, 6) is -2.11. The van der Waals surface area contributed by atoms with Crippen LogP contribution in [-0.4, -0.2) is 39.4 Å². The third kappa shape index (κ3) is 9.98. The highest BCUT2D eigenvalue weighted by molar-refractivity contribution is 7.20. The number of nitrogens with one attached hydrogen (secondary N) is 1. The average molecular weight is 484 g/mol. The maximum atomic E-state index is 12.2. The second-order valence-corrected chi connectivity index (χ2v) is 9.47. The maximum Gasteiger partial charge on any atom is 0.353 e. The van der Waals surface area contributed by atoms with E-state index in [4.69, 9.17) is 26.1 Å². The Morgan fingerprint density at radius 3 is 2.25 bits per heavy atom. The van der Waals surface area contributed by atoms with E-state index in [1.54, 1.807) is 39.6 Å². The van der Waals surface area contributed by atoms with E-state index < -0.39 is 23.3 Å². The molecule has 3 unspecified atom stereocenters. The van der Waals surface area contributed by atoms with E-state index in [1.807, 2.05) is 13.0 Å². The van der Waals surface area contributed by atoms with Crippen LogP contribution < -0.4 is 10.5 Å². The number of hydrogen-bond donors (Lipinski definition) is 4. The van der Waals surface area contributed by atoms with Crippen molar-refractivity contribution in [1.82, 2.24) is 0 Å². The molecule has 32 heavy (non-hydrogen) atoms. The van der Waals surface area contributed by atoms with Gasteiger partial charge >= 0.3 is 17.9 Å². The number of hydrogen-bond acceptors (Lipinski definition) is 6. The van der Waals surface area contributed by atoms with Crippen LogP contribution in [0.4, 0.5) is 4.39 Å². The number of carboxylic acids is 2. The first-order valence-electron chi connectivity index (χ1n) is 9.48. The van der Waals surface area contributed by atoms with Crippen molar-refractivity contribution in [3.63, 3.8) is 0 Å². The second kappa shape index (κ2) is 12.3. The molecule has 0 saturated carbocycles. The van der Waals surface area contributed by atoms with Crippen LogP contribution >= 0.6 is 20.6 Å². The van der Waals surface area contributed by atoms with Crippen LogP contribution in [0.2, 0.25) is 0 Å². The fourth-order valence-electron chi connectivity index (χ4n) is 2.27. The zero-order chi connectivity index (χ0) is 24.5. The van der Waals surface area contributed by atoms with Crippen molar-refractivity contribution >= 4 is 44.3 Å². The topological polar surface area (TPSA) is 151 Å². The summed E-state index contributed by atoms with van der Waals surface area (Å²) < 4.78 is 17.2. The Kier molecular flexibility index (Phi) is 10.4. The average Bonchev–Trinajstić information content (AvgIpc) is 3.15. The quantitative estimate of drug-likeness (QED) is 0.138. The van der Waals surface area contributed by atoms with Gasteiger partial charge in [0.1, 0.15) is 16.5 Å². The highest BCUT2D eigenvalue weighted by Gasteiger charge is 2.25. The van der Waals surface area contributed by atoms with Crippen molar-refractivity contribution in [2.24, 2.45) is 11.7 Å². The van der Waals surface area contributed by atoms with Crippen LogP contribution in [0, 0.1) is 11.3 Å². The minimum Gasteiger partial charge on any atom is -0.481 e. The molecule has 0 radical (unpaired) electrons. The van der Waals surface area contributed by atoms with Crippen molar-refractivity contribution in [2.75, 3.05) is 0 Å². The van der Waals surface area contributed by atoms with E-state index in [0.29, 0.717) is 22.6 Å². The molecule has 11 heteroatoms. The predicted molar refractivity (Wildman–Crippen MR) is 123 cm³/mol. The van der Waals surface area contributed by atoms with Crippen molar-refractivity contribution in [1.29, 1.82) is 5.41 Å². The van der Waals surface area contributed by atoms with Gasteiger partial charge in [-0.2, -0.15) is 0 Å². The Hall–Kier alpha value is -2.84. The number of carboxylic acid groups (broad SMARTS) is 2. The first-order chi connectivity index (χ1) is 14.8. The van der Waals surface area contributed by atoms with Gasteiger partial charge in [0.05, 0.1) is 0 Å². The number of carbonyl (C=O) groups is 3. The summed E-state index contributed by atoms with van der Waals surface area (Å²) in [6.07, 6.45) is 1.49. The summed E-state index contributed by atoms with van der Waals surface area (Å²) in [5.41, 5.74) is 5.94. The molecular formula is C21H26FN2O6PS. The number of esters is 1. The summed E-state index contributed by atoms with van der Waals surface area (Å²) in [7, 11) is 1.56. The predicted octanol–water partition coefficient (Wildman–Crippen LogP) is 3.93. The SMILES string of the molecule is CC(CCC(=O)O)Cc1ccc(C(=O)Oc2ccc(C(=N)N)cc2)s1.CC(F)(P)C(=O)O. The van der Waals surface area contributed by atoms with Crippen molar-refractivity contribution in [2.45, 2.75) is 38.5 Å². The molecule has 0 aliphatic heterocycles. The van der Waals surface area contributed by atoms with Crippen LogP contribution in [0.3, 0.4) is 0 Å². The van der Waals surface area contributed by atoms with Gasteiger partial charge in [0.15, 0.2) is 0 Å². The number of alkyl halides is 1. The monoisotopic (exact) mass is 484 g/mol. The lowest BCUT2D eigenvalue weighted by molar-refractivity contribution is -0.144. The Labute approximate surface area is 191 Å². The number of aliphatic carboxylic acids is 2. The van der Waals surface area contributed by atoms with E-state index in [9.17, 15) is 18.8 Å². The fraction of sp³-hybridized carbons (Fsp3) is 0.333. The fourth-order valence-corrected chi connectivity index (χ4v) is 3.32. The Balaban J connectivity index is 0.000000633. The minimum absolute atomic E-state index is 0.0437. The number of halogens is 1. The molecule has 5 N–H and O–H groups in total. The molecule has 0 spiro atoms. The van der Waals surface area contributed by atoms with Gasteiger partial charge in [-0.25, -0.2) is 14.0 Å². The zero-order valence-electron chi connectivity index (χ0n) is 17.6. The number of rotatable bonds is 9. The molecule has 1 aromatic heterocycles. The van der Waals surface area contributed by atoms with Crippen LogP contribution in [0.25, 0.3) is 0 Å². The molecule has 174 valence electrons. The Morgan fingerprint density at radius 1 is 1.22 bits per heavy atom. The summed E-state index contributed by atoms with van der Waals surface area (Å²) in [4.78, 5) is 33.9. The van der Waals surface area contributed by atoms with Crippen LogP contribution in [0.15, 0.2) is 36.4 Å². The third-order valence-electron chi connectivity index (χ3n) is 4.06. The summed E-state index contributed by atoms with van der Waals surface area (Å²) in [6, 6.07) is 10.0. The lowest BCUT2D eigenvalue weighted by atomic mass is 10.0. The number of nitrogen functional groups attached to an aromatic ring is 1. The molecule has 0 bridgehead atoms. The van der Waals surface area contributed by atoms with Crippen molar-refractivity contribution in [3.05, 3.63) is 51.7 Å². The molecule has 2 rings (SSSR count). The number of carbonyl (C=O) groups excluding carboxylic acids is 1. The molecule has 1 heterocycles. The summed E-state index contributed by atoms with van der Waals surface area (Å²) in [6.45, 7) is 2.96. The standard InChI is InChI=1S/C18H20N2O4S.C3H6FO2P/c1-11(2-9-16(21)22)10-14-7-8-15(25-14)18(23)24-13-5-3-12(4-6-13)17(19)20;1-3(4,7)2(5)6/h3-8,11H,2,9-10H2,1H3,(H3,19,20)(H,21,22);7H2,1H3,(H,5,6).